The molecule has 29 heavy (non-hydrogen) atoms. The molecule has 0 radical (unpaired) electrons. The fraction of sp³-hybridized carbons (Fsp3) is 0.333. The molecule has 0 aliphatic carbocycles. The van der Waals surface area contributed by atoms with Gasteiger partial charge in [0, 0.05) is 32.4 Å². The minimum absolute atomic E-state index is 0.0434. The lowest BCUT2D eigenvalue weighted by Crippen LogP contribution is -2.50. The van der Waals surface area contributed by atoms with E-state index in [1.54, 1.807) is 24.5 Å². The van der Waals surface area contributed by atoms with Gasteiger partial charge in [-0.05, 0) is 30.3 Å². The van der Waals surface area contributed by atoms with Crippen molar-refractivity contribution in [3.8, 4) is 5.75 Å². The molecule has 2 atom stereocenters. The summed E-state index contributed by atoms with van der Waals surface area (Å²) in [6.07, 6.45) is 6.47. The lowest BCUT2D eigenvalue weighted by Gasteiger charge is -2.35. The van der Waals surface area contributed by atoms with E-state index in [0.717, 1.165) is 0 Å². The highest BCUT2D eigenvalue weighted by Crippen LogP contribution is 2.20. The summed E-state index contributed by atoms with van der Waals surface area (Å²) in [7, 11) is -1.37. The van der Waals surface area contributed by atoms with Crippen molar-refractivity contribution in [1.82, 2.24) is 19.2 Å². The Labute approximate surface area is 167 Å². The van der Waals surface area contributed by atoms with Crippen LogP contribution in [-0.2, 0) is 11.0 Å². The summed E-state index contributed by atoms with van der Waals surface area (Å²) in [6, 6.07) is 5.88. The van der Waals surface area contributed by atoms with Gasteiger partial charge in [-0.2, -0.15) is 8.78 Å². The van der Waals surface area contributed by atoms with Crippen LogP contribution in [0.15, 0.2) is 63.9 Å². The first-order chi connectivity index (χ1) is 14.1. The van der Waals surface area contributed by atoms with Gasteiger partial charge in [0.25, 0.3) is 0 Å². The molecule has 0 amide bonds. The Kier molecular flexibility index (Phi) is 5.97. The Balaban J connectivity index is 1.39. The zero-order chi connectivity index (χ0) is 20.2. The SMILES string of the molecule is O=S(c1ccc(OC(F)F)cc1)N1CCN(C2C=CN=c3cncnc3=N2)CC1. The van der Waals surface area contributed by atoms with Gasteiger partial charge in [-0.1, -0.05) is 0 Å². The van der Waals surface area contributed by atoms with Crippen LogP contribution >= 0.6 is 0 Å². The zero-order valence-corrected chi connectivity index (χ0v) is 16.1. The number of aromatic nitrogens is 2. The molecule has 1 aromatic heterocycles. The molecule has 2 unspecified atom stereocenters. The number of ether oxygens (including phenoxy) is 1. The number of piperazine rings is 1. The van der Waals surface area contributed by atoms with Gasteiger partial charge in [-0.25, -0.2) is 23.5 Å². The first-order valence-corrected chi connectivity index (χ1v) is 10.0. The Morgan fingerprint density at radius 3 is 2.62 bits per heavy atom. The predicted molar refractivity (Wildman–Crippen MR) is 99.9 cm³/mol. The smallest absolute Gasteiger partial charge is 0.387 e. The molecule has 4 rings (SSSR count). The summed E-state index contributed by atoms with van der Waals surface area (Å²) in [5, 5.41) is 0.630. The maximum Gasteiger partial charge on any atom is 0.387 e. The Morgan fingerprint density at radius 2 is 1.90 bits per heavy atom. The quantitative estimate of drug-likeness (QED) is 0.704. The average molecular weight is 420 g/mol. The van der Waals surface area contributed by atoms with Crippen LogP contribution in [0.5, 0.6) is 5.75 Å². The molecule has 0 bridgehead atoms. The summed E-state index contributed by atoms with van der Waals surface area (Å²) in [5.41, 5.74) is 0.548. The van der Waals surface area contributed by atoms with Gasteiger partial charge in [0.15, 0.2) is 5.49 Å². The summed E-state index contributed by atoms with van der Waals surface area (Å²) < 4.78 is 43.5. The molecule has 1 saturated heterocycles. The maximum absolute atomic E-state index is 12.8. The van der Waals surface area contributed by atoms with Crippen molar-refractivity contribution in [3.05, 3.63) is 59.9 Å². The van der Waals surface area contributed by atoms with E-state index in [4.69, 9.17) is 0 Å². The van der Waals surface area contributed by atoms with Crippen LogP contribution in [0.4, 0.5) is 8.78 Å². The topological polar surface area (TPSA) is 83.3 Å². The second-order valence-corrected chi connectivity index (χ2v) is 7.80. The third-order valence-corrected chi connectivity index (χ3v) is 6.04. The van der Waals surface area contributed by atoms with Gasteiger partial charge in [0.1, 0.15) is 34.6 Å². The van der Waals surface area contributed by atoms with Crippen molar-refractivity contribution in [3.63, 3.8) is 0 Å². The summed E-state index contributed by atoms with van der Waals surface area (Å²) >= 11 is 0. The number of hydrogen-bond acceptors (Lipinski definition) is 7. The van der Waals surface area contributed by atoms with Gasteiger partial charge in [0.05, 0.1) is 11.1 Å². The third kappa shape index (κ3) is 4.69. The number of halogens is 2. The van der Waals surface area contributed by atoms with E-state index in [0.29, 0.717) is 41.9 Å². The normalized spacial score (nSPS) is 21.0. The first kappa shape index (κ1) is 19.7. The Bertz CT molecular complexity index is 1030. The number of hydrogen-bond donors (Lipinski definition) is 0. The highest BCUT2D eigenvalue weighted by molar-refractivity contribution is 7.82. The first-order valence-electron chi connectivity index (χ1n) is 8.94. The minimum Gasteiger partial charge on any atom is -0.435 e. The molecule has 1 fully saturated rings. The van der Waals surface area contributed by atoms with E-state index in [-0.39, 0.29) is 11.9 Å². The van der Waals surface area contributed by atoms with Gasteiger partial charge < -0.3 is 4.74 Å². The molecular weight excluding hydrogens is 402 g/mol. The number of benzene rings is 1. The molecule has 2 aliphatic heterocycles. The number of alkyl halides is 2. The highest BCUT2D eigenvalue weighted by atomic mass is 32.2. The average Bonchev–Trinajstić information content (AvgIpc) is 2.96. The fourth-order valence-corrected chi connectivity index (χ4v) is 4.26. The van der Waals surface area contributed by atoms with E-state index in [2.05, 4.69) is 29.6 Å². The van der Waals surface area contributed by atoms with Crippen molar-refractivity contribution < 1.29 is 17.7 Å². The molecule has 0 saturated carbocycles. The van der Waals surface area contributed by atoms with Crippen molar-refractivity contribution in [2.24, 2.45) is 9.98 Å². The van der Waals surface area contributed by atoms with Crippen LogP contribution in [0.3, 0.4) is 0 Å². The highest BCUT2D eigenvalue weighted by Gasteiger charge is 2.26. The molecule has 0 spiro atoms. The van der Waals surface area contributed by atoms with Crippen molar-refractivity contribution >= 4 is 11.0 Å². The molecule has 3 heterocycles. The molecule has 1 aromatic carbocycles. The summed E-state index contributed by atoms with van der Waals surface area (Å²) in [6.45, 7) is -0.395. The van der Waals surface area contributed by atoms with E-state index < -0.39 is 17.6 Å². The van der Waals surface area contributed by atoms with Crippen LogP contribution in [0.1, 0.15) is 0 Å². The van der Waals surface area contributed by atoms with Crippen LogP contribution in [0.25, 0.3) is 0 Å². The second kappa shape index (κ2) is 8.80. The van der Waals surface area contributed by atoms with Gasteiger partial charge in [-0.15, -0.1) is 0 Å². The van der Waals surface area contributed by atoms with Gasteiger partial charge >= 0.3 is 6.61 Å². The van der Waals surface area contributed by atoms with E-state index in [1.807, 2.05) is 10.4 Å². The van der Waals surface area contributed by atoms with E-state index >= 15 is 0 Å². The number of fused-ring (bicyclic) bond motifs is 1. The summed E-state index contributed by atoms with van der Waals surface area (Å²) in [5.74, 6) is 0.0434. The number of nitrogens with zero attached hydrogens (tertiary/aromatic N) is 6. The molecular formula is C18H18F2N6O2S. The molecule has 2 aromatic rings. The van der Waals surface area contributed by atoms with E-state index in [9.17, 15) is 13.0 Å². The molecule has 0 N–H and O–H groups in total. The maximum atomic E-state index is 12.8. The third-order valence-electron chi connectivity index (χ3n) is 4.53. The van der Waals surface area contributed by atoms with Gasteiger partial charge in [-0.3, -0.25) is 9.89 Å². The largest absolute Gasteiger partial charge is 0.435 e. The van der Waals surface area contributed by atoms with Crippen LogP contribution in [-0.4, -0.2) is 62.3 Å². The zero-order valence-electron chi connectivity index (χ0n) is 15.3. The lowest BCUT2D eigenvalue weighted by molar-refractivity contribution is -0.0498. The van der Waals surface area contributed by atoms with E-state index in [1.165, 1.54) is 18.5 Å². The lowest BCUT2D eigenvalue weighted by atomic mass is 10.3. The Morgan fingerprint density at radius 1 is 1.14 bits per heavy atom. The molecule has 2 aliphatic rings. The second-order valence-electron chi connectivity index (χ2n) is 6.31. The Hall–Kier alpha value is -2.63. The van der Waals surface area contributed by atoms with Crippen LogP contribution < -0.4 is 15.6 Å². The molecule has 152 valence electrons. The fourth-order valence-electron chi connectivity index (χ4n) is 3.10. The standard InChI is InChI=1S/C18H18F2N6O2S/c19-18(20)28-13-1-3-14(4-2-13)29(27)26-9-7-25(8-10-26)16-5-6-22-15-11-21-12-23-17(15)24-16/h1-6,11-12,16,18H,7-10H2. The monoisotopic (exact) mass is 420 g/mol. The van der Waals surface area contributed by atoms with Crippen LogP contribution in [0.2, 0.25) is 0 Å². The number of rotatable bonds is 5. The summed E-state index contributed by atoms with van der Waals surface area (Å²) in [4.78, 5) is 19.8. The minimum atomic E-state index is -2.88. The van der Waals surface area contributed by atoms with Crippen molar-refractivity contribution in [1.29, 1.82) is 0 Å². The van der Waals surface area contributed by atoms with Gasteiger partial charge in [0.2, 0.25) is 0 Å². The van der Waals surface area contributed by atoms with Crippen molar-refractivity contribution in [2.75, 3.05) is 26.2 Å². The molecule has 11 heteroatoms. The van der Waals surface area contributed by atoms with Crippen LogP contribution in [0, 0.1) is 0 Å². The predicted octanol–water partition coefficient (Wildman–Crippen LogP) is 0.511. The van der Waals surface area contributed by atoms with Crippen molar-refractivity contribution in [2.45, 2.75) is 17.7 Å². The molecule has 8 nitrogen and oxygen atoms in total.